The minimum Gasteiger partial charge on any atom is -0.493 e. The third kappa shape index (κ3) is 5.24. The molecule has 172 valence electrons. The molecule has 1 heterocycles. The second-order valence-corrected chi connectivity index (χ2v) is 8.00. The van der Waals surface area contributed by atoms with E-state index in [-0.39, 0.29) is 35.1 Å². The number of rotatable bonds is 8. The van der Waals surface area contributed by atoms with Crippen LogP contribution in [0.25, 0.3) is 11.0 Å². The maximum absolute atomic E-state index is 12.4. The van der Waals surface area contributed by atoms with Crippen molar-refractivity contribution < 1.29 is 23.6 Å². The Morgan fingerprint density at radius 2 is 1.94 bits per heavy atom. The molecule has 3 aromatic carbocycles. The highest BCUT2D eigenvalue weighted by Crippen LogP contribution is 2.34. The Hall–Kier alpha value is -4.18. The zero-order valence-corrected chi connectivity index (χ0v) is 19.4. The lowest BCUT2D eigenvalue weighted by Gasteiger charge is -2.12. The summed E-state index contributed by atoms with van der Waals surface area (Å²) < 4.78 is 17.4. The third-order valence-electron chi connectivity index (χ3n) is 4.82. The molecule has 0 saturated heterocycles. The summed E-state index contributed by atoms with van der Waals surface area (Å²) in [4.78, 5) is 23.5. The molecule has 1 aromatic heterocycles. The van der Waals surface area contributed by atoms with E-state index in [9.17, 15) is 14.9 Å². The molecule has 1 amide bonds. The number of furan rings is 1. The summed E-state index contributed by atoms with van der Waals surface area (Å²) in [7, 11) is 1.43. The van der Waals surface area contributed by atoms with Crippen LogP contribution in [0.15, 0.2) is 80.7 Å². The Morgan fingerprint density at radius 1 is 1.15 bits per heavy atom. The minimum absolute atomic E-state index is 0.0574. The van der Waals surface area contributed by atoms with Crippen LogP contribution in [0.5, 0.6) is 11.5 Å². The number of methoxy groups -OCH3 is 1. The summed E-state index contributed by atoms with van der Waals surface area (Å²) >= 11 is 3.36. The molecule has 0 atom stereocenters. The molecule has 0 unspecified atom stereocenters. The van der Waals surface area contributed by atoms with Gasteiger partial charge in [0.2, 0.25) is 0 Å². The molecule has 0 bridgehead atoms. The van der Waals surface area contributed by atoms with Crippen molar-refractivity contribution in [1.29, 1.82) is 0 Å². The average molecular weight is 524 g/mol. The molecule has 10 heteroatoms. The lowest BCUT2D eigenvalue weighted by atomic mass is 10.1. The molecule has 0 aliphatic heterocycles. The van der Waals surface area contributed by atoms with Crippen LogP contribution in [0.4, 0.5) is 5.69 Å². The monoisotopic (exact) mass is 523 g/mol. The first-order valence-electron chi connectivity index (χ1n) is 10.0. The van der Waals surface area contributed by atoms with Crippen LogP contribution in [0, 0.1) is 10.1 Å². The number of hydrazone groups is 1. The number of nitrogens with zero attached hydrogens (tertiary/aromatic N) is 2. The SMILES string of the molecule is COc1cc(/C=N/NC(=O)c2cc3cc(Br)ccc3o2)c([N+](=O)[O-])cc1OCc1ccccc1. The summed E-state index contributed by atoms with van der Waals surface area (Å²) in [6.07, 6.45) is 1.17. The van der Waals surface area contributed by atoms with Crippen molar-refractivity contribution in [3.8, 4) is 11.5 Å². The van der Waals surface area contributed by atoms with E-state index >= 15 is 0 Å². The van der Waals surface area contributed by atoms with E-state index in [4.69, 9.17) is 13.9 Å². The summed E-state index contributed by atoms with van der Waals surface area (Å²) in [5.74, 6) is -0.0344. The van der Waals surface area contributed by atoms with Crippen LogP contribution in [0.2, 0.25) is 0 Å². The van der Waals surface area contributed by atoms with Gasteiger partial charge in [-0.25, -0.2) is 5.43 Å². The molecule has 1 N–H and O–H groups in total. The number of nitro benzene ring substituents is 1. The van der Waals surface area contributed by atoms with Gasteiger partial charge in [0.15, 0.2) is 17.3 Å². The Labute approximate surface area is 202 Å². The van der Waals surface area contributed by atoms with E-state index < -0.39 is 10.8 Å². The second kappa shape index (κ2) is 10.2. The molecule has 34 heavy (non-hydrogen) atoms. The molecule has 4 rings (SSSR count). The molecule has 0 aliphatic rings. The van der Waals surface area contributed by atoms with Crippen molar-refractivity contribution >= 4 is 44.7 Å². The van der Waals surface area contributed by atoms with E-state index in [2.05, 4.69) is 26.5 Å². The molecular formula is C24H18BrN3O6. The highest BCUT2D eigenvalue weighted by molar-refractivity contribution is 9.10. The molecule has 0 saturated carbocycles. The van der Waals surface area contributed by atoms with Crippen molar-refractivity contribution in [1.82, 2.24) is 5.43 Å². The second-order valence-electron chi connectivity index (χ2n) is 7.09. The fourth-order valence-electron chi connectivity index (χ4n) is 3.18. The number of hydrogen-bond acceptors (Lipinski definition) is 7. The van der Waals surface area contributed by atoms with Crippen molar-refractivity contribution in [3.05, 3.63) is 98.2 Å². The Kier molecular flexibility index (Phi) is 6.88. The zero-order chi connectivity index (χ0) is 24.1. The summed E-state index contributed by atoms with van der Waals surface area (Å²) in [6.45, 7) is 0.214. The van der Waals surface area contributed by atoms with Gasteiger partial charge >= 0.3 is 5.91 Å². The van der Waals surface area contributed by atoms with E-state index in [1.807, 2.05) is 36.4 Å². The Bertz CT molecular complexity index is 1380. The van der Waals surface area contributed by atoms with Gasteiger partial charge in [-0.05, 0) is 35.9 Å². The number of nitro groups is 1. The van der Waals surface area contributed by atoms with E-state index in [0.717, 1.165) is 15.4 Å². The van der Waals surface area contributed by atoms with Gasteiger partial charge in [-0.1, -0.05) is 46.3 Å². The first kappa shape index (κ1) is 23.0. The highest BCUT2D eigenvalue weighted by atomic mass is 79.9. The molecule has 0 radical (unpaired) electrons. The maximum Gasteiger partial charge on any atom is 0.307 e. The van der Waals surface area contributed by atoms with E-state index in [1.54, 1.807) is 18.2 Å². The molecule has 4 aromatic rings. The number of amides is 1. The number of hydrogen-bond donors (Lipinski definition) is 1. The van der Waals surface area contributed by atoms with E-state index in [1.165, 1.54) is 25.5 Å². The largest absolute Gasteiger partial charge is 0.493 e. The number of fused-ring (bicyclic) bond motifs is 1. The fourth-order valence-corrected chi connectivity index (χ4v) is 3.55. The quantitative estimate of drug-likeness (QED) is 0.186. The van der Waals surface area contributed by atoms with Crippen LogP contribution in [-0.4, -0.2) is 24.2 Å². The predicted molar refractivity (Wildman–Crippen MR) is 129 cm³/mol. The van der Waals surface area contributed by atoms with Crippen LogP contribution < -0.4 is 14.9 Å². The zero-order valence-electron chi connectivity index (χ0n) is 17.9. The highest BCUT2D eigenvalue weighted by Gasteiger charge is 2.19. The molecule has 0 fully saturated rings. The predicted octanol–water partition coefficient (Wildman–Crippen LogP) is 5.46. The van der Waals surface area contributed by atoms with E-state index in [0.29, 0.717) is 5.58 Å². The average Bonchev–Trinajstić information content (AvgIpc) is 3.26. The topological polar surface area (TPSA) is 116 Å². The number of nitrogens with one attached hydrogen (secondary N) is 1. The smallest absolute Gasteiger partial charge is 0.307 e. The Morgan fingerprint density at radius 3 is 2.68 bits per heavy atom. The number of ether oxygens (including phenoxy) is 2. The van der Waals surface area contributed by atoms with Crippen molar-refractivity contribution in [2.45, 2.75) is 6.61 Å². The maximum atomic E-state index is 12.4. The molecule has 0 aliphatic carbocycles. The van der Waals surface area contributed by atoms with Gasteiger partial charge in [0.05, 0.1) is 29.9 Å². The first-order chi connectivity index (χ1) is 16.4. The molecule has 9 nitrogen and oxygen atoms in total. The number of benzene rings is 3. The van der Waals surface area contributed by atoms with Crippen LogP contribution in [0.3, 0.4) is 0 Å². The number of carbonyl (C=O) groups is 1. The van der Waals surface area contributed by atoms with Crippen LogP contribution in [0.1, 0.15) is 21.7 Å². The third-order valence-corrected chi connectivity index (χ3v) is 5.31. The Balaban J connectivity index is 1.52. The van der Waals surface area contributed by atoms with Crippen LogP contribution >= 0.6 is 15.9 Å². The van der Waals surface area contributed by atoms with Gasteiger partial charge in [0.25, 0.3) is 5.69 Å². The summed E-state index contributed by atoms with van der Waals surface area (Å²) in [5.41, 5.74) is 3.64. The molecule has 0 spiro atoms. The fraction of sp³-hybridized carbons (Fsp3) is 0.0833. The van der Waals surface area contributed by atoms with Crippen molar-refractivity contribution in [2.24, 2.45) is 5.10 Å². The summed E-state index contributed by atoms with van der Waals surface area (Å²) in [6, 6.07) is 19.0. The number of carbonyl (C=O) groups excluding carboxylic acids is 1. The normalized spacial score (nSPS) is 11.0. The summed E-state index contributed by atoms with van der Waals surface area (Å²) in [5, 5.41) is 16.2. The van der Waals surface area contributed by atoms with Gasteiger partial charge in [0.1, 0.15) is 12.2 Å². The van der Waals surface area contributed by atoms with Gasteiger partial charge < -0.3 is 13.9 Å². The van der Waals surface area contributed by atoms with Gasteiger partial charge in [-0.2, -0.15) is 5.10 Å². The van der Waals surface area contributed by atoms with Crippen molar-refractivity contribution in [2.75, 3.05) is 7.11 Å². The lowest BCUT2D eigenvalue weighted by Crippen LogP contribution is -2.16. The minimum atomic E-state index is -0.596. The first-order valence-corrected chi connectivity index (χ1v) is 10.8. The lowest BCUT2D eigenvalue weighted by molar-refractivity contribution is -0.385. The standard InChI is InChI=1S/C24H18BrN3O6/c1-32-21-11-17(19(28(30)31)12-22(21)33-14-15-5-3-2-4-6-15)13-26-27-24(29)23-10-16-9-18(25)7-8-20(16)34-23/h2-13H,14H2,1H3,(H,27,29)/b26-13+. The van der Waals surface area contributed by atoms with Crippen molar-refractivity contribution in [3.63, 3.8) is 0 Å². The van der Waals surface area contributed by atoms with Gasteiger partial charge in [0, 0.05) is 9.86 Å². The van der Waals surface area contributed by atoms with Gasteiger partial charge in [-0.15, -0.1) is 0 Å². The van der Waals surface area contributed by atoms with Crippen LogP contribution in [-0.2, 0) is 6.61 Å². The number of halogens is 1. The van der Waals surface area contributed by atoms with Gasteiger partial charge in [-0.3, -0.25) is 14.9 Å². The molecular weight excluding hydrogens is 506 g/mol.